The minimum absolute atomic E-state index is 0.0229. The van der Waals surface area contributed by atoms with Gasteiger partial charge in [-0.25, -0.2) is 0 Å². The van der Waals surface area contributed by atoms with Crippen molar-refractivity contribution < 1.29 is 85.7 Å². The van der Waals surface area contributed by atoms with Crippen molar-refractivity contribution in [2.45, 2.75) is 121 Å². The summed E-state index contributed by atoms with van der Waals surface area (Å²) in [7, 11) is 0. The molecular formula is C38H42ClN3O18S2. The monoisotopic (exact) mass is 927 g/mol. The molecule has 0 amide bonds. The molecular weight excluding hydrogens is 886 g/mol. The first-order valence-corrected chi connectivity index (χ1v) is 20.7. The minimum atomic E-state index is -1.67. The molecule has 2 fully saturated rings. The van der Waals surface area contributed by atoms with Crippen molar-refractivity contribution in [3.8, 4) is 10.7 Å². The van der Waals surface area contributed by atoms with Crippen molar-refractivity contribution in [1.82, 2.24) is 14.8 Å². The van der Waals surface area contributed by atoms with E-state index in [0.717, 1.165) is 60.1 Å². The van der Waals surface area contributed by atoms with Crippen LogP contribution in [-0.2, 0) is 85.7 Å². The Labute approximate surface area is 366 Å². The van der Waals surface area contributed by atoms with E-state index < -0.39 is 121 Å². The van der Waals surface area contributed by atoms with Crippen LogP contribution in [0.2, 0.25) is 5.02 Å². The van der Waals surface area contributed by atoms with Gasteiger partial charge in [0, 0.05) is 65.5 Å². The second kappa shape index (κ2) is 20.7. The summed E-state index contributed by atoms with van der Waals surface area (Å²) in [4.78, 5) is 100. The fraction of sp³-hybridized carbons (Fsp3) is 0.526. The lowest BCUT2D eigenvalue weighted by molar-refractivity contribution is -0.269. The van der Waals surface area contributed by atoms with Crippen molar-refractivity contribution in [2.75, 3.05) is 13.2 Å². The number of hydrogen-bond donors (Lipinski definition) is 0. The number of hydrogen-bond acceptors (Lipinski definition) is 22. The molecule has 24 heteroatoms. The third-order valence-electron chi connectivity index (χ3n) is 8.79. The van der Waals surface area contributed by atoms with Crippen molar-refractivity contribution >= 4 is 92.5 Å². The zero-order chi connectivity index (χ0) is 45.6. The molecule has 2 aromatic heterocycles. The van der Waals surface area contributed by atoms with Gasteiger partial charge in [0.05, 0.1) is 9.90 Å². The maximum absolute atomic E-state index is 12.9. The van der Waals surface area contributed by atoms with E-state index in [9.17, 15) is 38.4 Å². The zero-order valence-corrected chi connectivity index (χ0v) is 36.8. The summed E-state index contributed by atoms with van der Waals surface area (Å²) in [6.07, 6.45) is -13.9. The summed E-state index contributed by atoms with van der Waals surface area (Å²) in [5.74, 6) is -6.74. The molecule has 4 heterocycles. The van der Waals surface area contributed by atoms with Crippen LogP contribution in [0.4, 0.5) is 0 Å². The van der Waals surface area contributed by atoms with Crippen LogP contribution in [-0.4, -0.2) is 130 Å². The van der Waals surface area contributed by atoms with Gasteiger partial charge in [-0.1, -0.05) is 41.6 Å². The SMILES string of the molecule is CC(=O)OC[C@H]1O[C@@H](n2c(S[C@@H]3O[C@H](COC(C)=O)[C@H](OC(C)=O)[C@H](OC(C)=O)[C@H]3OC(C)=O)nnc2-c2sc3ccccc3c2Cl)[C@H](OC(C)=O)[C@@H](OC(C)=O)[C@H]1OC(C)=O. The highest BCUT2D eigenvalue weighted by Gasteiger charge is 2.56. The van der Waals surface area contributed by atoms with E-state index in [1.807, 2.05) is 0 Å². The first kappa shape index (κ1) is 47.7. The van der Waals surface area contributed by atoms with Crippen LogP contribution in [0.3, 0.4) is 0 Å². The first-order chi connectivity index (χ1) is 29.2. The highest BCUT2D eigenvalue weighted by atomic mass is 35.5. The van der Waals surface area contributed by atoms with Crippen molar-refractivity contribution in [3.63, 3.8) is 0 Å². The summed E-state index contributed by atoms with van der Waals surface area (Å²) >= 11 is 8.89. The normalized spacial score (nSPS) is 25.8. The number of fused-ring (bicyclic) bond motifs is 1. The summed E-state index contributed by atoms with van der Waals surface area (Å²) in [6, 6.07) is 7.12. The van der Waals surface area contributed by atoms with E-state index in [-0.39, 0.29) is 16.0 Å². The Balaban J connectivity index is 1.77. The number of carbonyl (C=O) groups excluding carboxylic acids is 8. The van der Waals surface area contributed by atoms with Gasteiger partial charge in [-0.2, -0.15) is 0 Å². The van der Waals surface area contributed by atoms with E-state index in [4.69, 9.17) is 59.0 Å². The van der Waals surface area contributed by atoms with E-state index in [1.165, 1.54) is 15.9 Å². The summed E-state index contributed by atoms with van der Waals surface area (Å²) in [5, 5.41) is 9.58. The molecule has 62 heavy (non-hydrogen) atoms. The third-order valence-corrected chi connectivity index (χ3v) is 11.6. The van der Waals surface area contributed by atoms with Gasteiger partial charge in [0.1, 0.15) is 25.4 Å². The van der Waals surface area contributed by atoms with Gasteiger partial charge in [0.25, 0.3) is 0 Å². The molecule has 5 rings (SSSR count). The standard InChI is InChI=1S/C38H42ClN3O18S2/c1-15(43)51-13-24-28(53-17(3)45)30(55-19(5)47)32(57-21(7)49)36(59-24)42-35(34-27(39)23-11-9-10-12-26(23)61-34)40-41-38(42)62-37-33(58-22(8)50)31(56-20(6)48)29(54-18(4)46)25(60-37)14-52-16(2)44/h9-12,24-25,28-33,36-37H,13-14H2,1-8H3/t24-,25-,28+,29+,30+,31+,32-,33-,36-,37+/m1/s1. The predicted molar refractivity (Wildman–Crippen MR) is 211 cm³/mol. The van der Waals surface area contributed by atoms with Crippen LogP contribution in [0.15, 0.2) is 29.4 Å². The van der Waals surface area contributed by atoms with Crippen LogP contribution in [0.1, 0.15) is 61.6 Å². The second-order valence-electron chi connectivity index (χ2n) is 13.7. The number of aromatic nitrogens is 3. The molecule has 0 radical (unpaired) electrons. The molecule has 0 spiro atoms. The van der Waals surface area contributed by atoms with Gasteiger partial charge in [-0.15, -0.1) is 21.5 Å². The van der Waals surface area contributed by atoms with Gasteiger partial charge in [0.2, 0.25) is 0 Å². The highest BCUT2D eigenvalue weighted by Crippen LogP contribution is 2.47. The van der Waals surface area contributed by atoms with Crippen molar-refractivity contribution in [2.24, 2.45) is 0 Å². The number of nitrogens with zero attached hydrogens (tertiary/aromatic N) is 3. The number of rotatable bonds is 14. The van der Waals surface area contributed by atoms with E-state index >= 15 is 0 Å². The molecule has 0 aliphatic carbocycles. The predicted octanol–water partition coefficient (Wildman–Crippen LogP) is 3.24. The lowest BCUT2D eigenvalue weighted by Gasteiger charge is -2.45. The van der Waals surface area contributed by atoms with Gasteiger partial charge < -0.3 is 47.4 Å². The van der Waals surface area contributed by atoms with Gasteiger partial charge in [-0.3, -0.25) is 42.9 Å². The smallest absolute Gasteiger partial charge is 0.303 e. The molecule has 2 aliphatic rings. The van der Waals surface area contributed by atoms with Crippen LogP contribution in [0.5, 0.6) is 0 Å². The van der Waals surface area contributed by atoms with Gasteiger partial charge >= 0.3 is 47.8 Å². The van der Waals surface area contributed by atoms with Crippen molar-refractivity contribution in [1.29, 1.82) is 0 Å². The Morgan fingerprint density at radius 3 is 1.56 bits per heavy atom. The molecule has 1 aromatic carbocycles. The Kier molecular flexibility index (Phi) is 15.9. The molecule has 3 aromatic rings. The third kappa shape index (κ3) is 11.6. The van der Waals surface area contributed by atoms with Crippen molar-refractivity contribution in [3.05, 3.63) is 29.3 Å². The van der Waals surface area contributed by atoms with Crippen LogP contribution < -0.4 is 0 Å². The molecule has 10 atom stereocenters. The van der Waals surface area contributed by atoms with Crippen LogP contribution in [0.25, 0.3) is 20.8 Å². The summed E-state index contributed by atoms with van der Waals surface area (Å²) in [6.45, 7) is 7.55. The largest absolute Gasteiger partial charge is 0.463 e. The summed E-state index contributed by atoms with van der Waals surface area (Å²) < 4.78 is 59.3. The average molecular weight is 928 g/mol. The quantitative estimate of drug-likeness (QED) is 0.166. The topological polar surface area (TPSA) is 260 Å². The molecule has 2 saturated heterocycles. The fourth-order valence-corrected chi connectivity index (χ4v) is 9.34. The lowest BCUT2D eigenvalue weighted by Crippen LogP contribution is -2.61. The highest BCUT2D eigenvalue weighted by molar-refractivity contribution is 7.99. The average Bonchev–Trinajstić information content (AvgIpc) is 3.72. The number of thioether (sulfide) groups is 1. The number of ether oxygens (including phenoxy) is 10. The molecule has 0 bridgehead atoms. The first-order valence-electron chi connectivity index (χ1n) is 18.7. The Bertz CT molecular complexity index is 2210. The van der Waals surface area contributed by atoms with E-state index in [0.29, 0.717) is 22.0 Å². The molecule has 2 aliphatic heterocycles. The second-order valence-corrected chi connectivity index (χ2v) is 16.2. The number of carbonyl (C=O) groups is 8. The molecule has 336 valence electrons. The molecule has 0 unspecified atom stereocenters. The minimum Gasteiger partial charge on any atom is -0.463 e. The molecule has 0 saturated carbocycles. The maximum atomic E-state index is 12.9. The number of benzene rings is 1. The van der Waals surface area contributed by atoms with Crippen LogP contribution >= 0.6 is 34.7 Å². The Hall–Kier alpha value is -5.36. The van der Waals surface area contributed by atoms with Gasteiger partial charge in [0.15, 0.2) is 59.3 Å². The summed E-state index contributed by atoms with van der Waals surface area (Å²) in [5.41, 5.74) is -1.46. The maximum Gasteiger partial charge on any atom is 0.303 e. The number of esters is 8. The lowest BCUT2D eigenvalue weighted by atomic mass is 9.97. The van der Waals surface area contributed by atoms with Gasteiger partial charge in [-0.05, 0) is 6.07 Å². The van der Waals surface area contributed by atoms with E-state index in [1.54, 1.807) is 24.3 Å². The molecule has 0 N–H and O–H groups in total. The fourth-order valence-electron chi connectivity index (χ4n) is 6.70. The zero-order valence-electron chi connectivity index (χ0n) is 34.4. The number of halogens is 1. The number of thiophene rings is 1. The Morgan fingerprint density at radius 1 is 0.613 bits per heavy atom. The van der Waals surface area contributed by atoms with E-state index in [2.05, 4.69) is 10.2 Å². The molecule has 21 nitrogen and oxygen atoms in total. The Morgan fingerprint density at radius 2 is 1.06 bits per heavy atom. The van der Waals surface area contributed by atoms with Crippen LogP contribution in [0, 0.1) is 0 Å².